The molecule has 0 saturated carbocycles. The Kier molecular flexibility index (Phi) is 4.48. The third-order valence-corrected chi connectivity index (χ3v) is 5.99. The number of carbonyl (C=O) groups is 3. The highest BCUT2D eigenvalue weighted by Crippen LogP contribution is 2.46. The maximum Gasteiger partial charge on any atom is 0.228 e. The van der Waals surface area contributed by atoms with Crippen molar-refractivity contribution < 1.29 is 19.1 Å². The fraction of sp³-hybridized carbons (Fsp3) is 0.0800. The first-order chi connectivity index (χ1) is 14.6. The van der Waals surface area contributed by atoms with Crippen LogP contribution < -0.4 is 0 Å². The molecule has 0 saturated heterocycles. The first-order valence-corrected chi connectivity index (χ1v) is 10.3. The van der Waals surface area contributed by atoms with Crippen LogP contribution in [0.4, 0.5) is 0 Å². The van der Waals surface area contributed by atoms with Crippen LogP contribution in [0.5, 0.6) is 0 Å². The Hall–Kier alpha value is -3.31. The minimum absolute atomic E-state index is 0.0158. The molecule has 5 rings (SSSR count). The summed E-state index contributed by atoms with van der Waals surface area (Å²) in [6.45, 7) is 0. The predicted octanol–water partition coefficient (Wildman–Crippen LogP) is 5.15. The Balaban J connectivity index is 1.68. The number of ketones is 3. The quantitative estimate of drug-likeness (QED) is 0.509. The number of rotatable bonds is 3. The topological polar surface area (TPSA) is 60.4 Å². The Morgan fingerprint density at radius 2 is 1.47 bits per heavy atom. The van der Waals surface area contributed by atoms with Gasteiger partial charge in [-0.25, -0.2) is 0 Å². The van der Waals surface area contributed by atoms with Gasteiger partial charge in [-0.3, -0.25) is 14.4 Å². The number of allylic oxidation sites excluding steroid dienone is 1. The fourth-order valence-corrected chi connectivity index (χ4v) is 4.55. The predicted molar refractivity (Wildman–Crippen MR) is 115 cm³/mol. The molecule has 0 unspecified atom stereocenters. The summed E-state index contributed by atoms with van der Waals surface area (Å²) in [4.78, 5) is 39.9. The first-order valence-electron chi connectivity index (χ1n) is 9.50. The molecule has 5 heteroatoms. The van der Waals surface area contributed by atoms with Crippen molar-refractivity contribution in [3.63, 3.8) is 0 Å². The molecule has 146 valence electrons. The van der Waals surface area contributed by atoms with Crippen molar-refractivity contribution >= 4 is 33.3 Å². The minimum Gasteiger partial charge on any atom is -0.477 e. The Morgan fingerprint density at radius 1 is 0.800 bits per heavy atom. The molecule has 3 aromatic rings. The molecule has 30 heavy (non-hydrogen) atoms. The Morgan fingerprint density at radius 3 is 2.17 bits per heavy atom. The molecule has 0 radical (unpaired) electrons. The number of hydrogen-bond donors (Lipinski definition) is 0. The van der Waals surface area contributed by atoms with Crippen LogP contribution in [0.1, 0.15) is 42.6 Å². The van der Waals surface area contributed by atoms with Crippen molar-refractivity contribution in [3.8, 4) is 0 Å². The largest absolute Gasteiger partial charge is 0.477 e. The number of halogens is 1. The molecule has 1 aliphatic heterocycles. The highest BCUT2D eigenvalue weighted by atomic mass is 79.9. The van der Waals surface area contributed by atoms with Crippen LogP contribution in [-0.2, 0) is 4.74 Å². The lowest BCUT2D eigenvalue weighted by atomic mass is 9.78. The normalized spacial score (nSPS) is 19.9. The van der Waals surface area contributed by atoms with Gasteiger partial charge in [-0.1, -0.05) is 82.7 Å². The second-order valence-corrected chi connectivity index (χ2v) is 8.16. The third kappa shape index (κ3) is 2.85. The van der Waals surface area contributed by atoms with E-state index in [0.717, 1.165) is 10.0 Å². The smallest absolute Gasteiger partial charge is 0.228 e. The number of fused-ring (bicyclic) bond motifs is 1. The zero-order valence-electron chi connectivity index (χ0n) is 15.7. The van der Waals surface area contributed by atoms with E-state index < -0.39 is 12.0 Å². The van der Waals surface area contributed by atoms with Crippen molar-refractivity contribution in [3.05, 3.63) is 117 Å². The summed E-state index contributed by atoms with van der Waals surface area (Å²) >= 11 is 3.46. The average Bonchev–Trinajstić information content (AvgIpc) is 3.19. The van der Waals surface area contributed by atoms with Crippen LogP contribution in [-0.4, -0.2) is 23.5 Å². The van der Waals surface area contributed by atoms with Crippen molar-refractivity contribution in [1.29, 1.82) is 0 Å². The van der Waals surface area contributed by atoms with E-state index in [1.807, 2.05) is 30.3 Å². The summed E-state index contributed by atoms with van der Waals surface area (Å²) in [7, 11) is 0. The number of hydrogen-bond acceptors (Lipinski definition) is 4. The minimum atomic E-state index is -0.992. The molecule has 0 aromatic heterocycles. The number of benzene rings is 3. The zero-order chi connectivity index (χ0) is 20.8. The van der Waals surface area contributed by atoms with Gasteiger partial charge in [0.25, 0.3) is 0 Å². The molecule has 1 aliphatic carbocycles. The second kappa shape index (κ2) is 7.18. The van der Waals surface area contributed by atoms with Crippen molar-refractivity contribution in [2.24, 2.45) is 0 Å². The fourth-order valence-electron chi connectivity index (χ4n) is 4.13. The van der Waals surface area contributed by atoms with Crippen LogP contribution >= 0.6 is 15.9 Å². The van der Waals surface area contributed by atoms with Gasteiger partial charge in [0.1, 0.15) is 0 Å². The summed E-state index contributed by atoms with van der Waals surface area (Å²) in [5.74, 6) is -1.58. The first kappa shape index (κ1) is 18.7. The Bertz CT molecular complexity index is 1240. The summed E-state index contributed by atoms with van der Waals surface area (Å²) in [6.07, 6.45) is -0.992. The average molecular weight is 459 g/mol. The molecular weight excluding hydrogens is 444 g/mol. The molecule has 1 heterocycles. The van der Waals surface area contributed by atoms with Gasteiger partial charge < -0.3 is 4.74 Å². The third-order valence-electron chi connectivity index (χ3n) is 5.49. The van der Waals surface area contributed by atoms with E-state index in [1.165, 1.54) is 0 Å². The van der Waals surface area contributed by atoms with Crippen LogP contribution in [0.15, 0.2) is 94.7 Å². The highest BCUT2D eigenvalue weighted by molar-refractivity contribution is 9.10. The lowest BCUT2D eigenvalue weighted by molar-refractivity contribution is 0.0640. The molecule has 2 aliphatic rings. The molecule has 4 nitrogen and oxygen atoms in total. The molecule has 0 spiro atoms. The number of carbonyl (C=O) groups excluding carboxylic acids is 3. The summed E-state index contributed by atoms with van der Waals surface area (Å²) in [5.41, 5.74) is 2.12. The van der Waals surface area contributed by atoms with E-state index in [9.17, 15) is 14.4 Å². The standard InChI is InChI=1S/C25H15BrO4/c26-16-10-6-9-15(13-16)19-20-22(28)17-11-4-5-12-18(17)23(29)25(20)30-24(19)21(27)14-7-2-1-3-8-14/h1-13,19,24H/t19-,24-/m1/s1. The Labute approximate surface area is 181 Å². The molecular formula is C25H15BrO4. The summed E-state index contributed by atoms with van der Waals surface area (Å²) in [5, 5.41) is 0. The molecule has 0 fully saturated rings. The van der Waals surface area contributed by atoms with E-state index in [1.54, 1.807) is 48.5 Å². The molecule has 3 aromatic carbocycles. The molecule has 0 amide bonds. The van der Waals surface area contributed by atoms with Gasteiger partial charge >= 0.3 is 0 Å². The lowest BCUT2D eigenvalue weighted by Gasteiger charge is -2.21. The van der Waals surface area contributed by atoms with Gasteiger partial charge in [0.2, 0.25) is 11.6 Å². The van der Waals surface area contributed by atoms with Crippen LogP contribution in [0.25, 0.3) is 0 Å². The summed E-state index contributed by atoms with van der Waals surface area (Å²) in [6, 6.07) is 22.9. The molecule has 2 atom stereocenters. The number of ether oxygens (including phenoxy) is 1. The van der Waals surface area contributed by atoms with Crippen molar-refractivity contribution in [2.75, 3.05) is 0 Å². The van der Waals surface area contributed by atoms with Crippen LogP contribution in [0.2, 0.25) is 0 Å². The van der Waals surface area contributed by atoms with E-state index >= 15 is 0 Å². The second-order valence-electron chi connectivity index (χ2n) is 7.25. The van der Waals surface area contributed by atoms with Gasteiger partial charge in [0.05, 0.1) is 11.5 Å². The van der Waals surface area contributed by atoms with Crippen LogP contribution in [0.3, 0.4) is 0 Å². The van der Waals surface area contributed by atoms with Crippen molar-refractivity contribution in [1.82, 2.24) is 0 Å². The van der Waals surface area contributed by atoms with Gasteiger partial charge in [0, 0.05) is 21.2 Å². The SMILES string of the molecule is O=C1C2=C(C(=O)c3ccccc31)[C@@H](c1cccc(Br)c1)[C@H](C(=O)c1ccccc1)O2. The van der Waals surface area contributed by atoms with E-state index in [2.05, 4.69) is 15.9 Å². The number of Topliss-reactive ketones (excluding diaryl/α,β-unsaturated/α-hetero) is 3. The zero-order valence-corrected chi connectivity index (χ0v) is 17.3. The van der Waals surface area contributed by atoms with E-state index in [-0.39, 0.29) is 28.7 Å². The van der Waals surface area contributed by atoms with Crippen LogP contribution in [0, 0.1) is 0 Å². The summed E-state index contributed by atoms with van der Waals surface area (Å²) < 4.78 is 6.79. The van der Waals surface area contributed by atoms with Gasteiger partial charge in [-0.15, -0.1) is 0 Å². The van der Waals surface area contributed by atoms with Gasteiger partial charge in [0.15, 0.2) is 17.6 Å². The van der Waals surface area contributed by atoms with Crippen molar-refractivity contribution in [2.45, 2.75) is 12.0 Å². The monoisotopic (exact) mass is 458 g/mol. The van der Waals surface area contributed by atoms with Gasteiger partial charge in [-0.2, -0.15) is 0 Å². The van der Waals surface area contributed by atoms with E-state index in [0.29, 0.717) is 16.7 Å². The molecule has 0 N–H and O–H groups in total. The highest BCUT2D eigenvalue weighted by Gasteiger charge is 2.50. The maximum absolute atomic E-state index is 13.4. The molecule has 0 bridgehead atoms. The lowest BCUT2D eigenvalue weighted by Crippen LogP contribution is -2.28. The maximum atomic E-state index is 13.4. The van der Waals surface area contributed by atoms with E-state index in [4.69, 9.17) is 4.74 Å². The van der Waals surface area contributed by atoms with Gasteiger partial charge in [-0.05, 0) is 17.7 Å².